The van der Waals surface area contributed by atoms with Gasteiger partial charge in [0.25, 0.3) is 0 Å². The van der Waals surface area contributed by atoms with Gasteiger partial charge in [0.2, 0.25) is 0 Å². The van der Waals surface area contributed by atoms with Crippen molar-refractivity contribution >= 4 is 6.03 Å². The Morgan fingerprint density at radius 3 is 2.30 bits per heavy atom. The highest BCUT2D eigenvalue weighted by atomic mass is 16.2. The zero-order chi connectivity index (χ0) is 15.9. The van der Waals surface area contributed by atoms with Crippen LogP contribution in [-0.4, -0.2) is 30.1 Å². The maximum absolute atomic E-state index is 12.0. The molecule has 1 aromatic carbocycles. The van der Waals surface area contributed by atoms with Crippen molar-refractivity contribution in [2.24, 2.45) is 0 Å². The summed E-state index contributed by atoms with van der Waals surface area (Å²) in [5.74, 6) is 0. The van der Waals surface area contributed by atoms with Crippen LogP contribution in [0, 0.1) is 0 Å². The second-order valence-electron chi connectivity index (χ2n) is 6.96. The van der Waals surface area contributed by atoms with Crippen LogP contribution in [-0.2, 0) is 13.1 Å². The maximum atomic E-state index is 12.0. The Balaban J connectivity index is 1.40. The van der Waals surface area contributed by atoms with Crippen molar-refractivity contribution in [2.75, 3.05) is 13.1 Å². The fourth-order valence-corrected chi connectivity index (χ4v) is 3.63. The smallest absolute Gasteiger partial charge is 0.315 e. The first-order valence-electron chi connectivity index (χ1n) is 9.14. The topological polar surface area (TPSA) is 44.4 Å². The lowest BCUT2D eigenvalue weighted by atomic mass is 9.96. The number of nitrogens with one attached hydrogen (secondary N) is 2. The molecule has 1 aromatic rings. The molecular formula is C19H29N3O. The first-order valence-corrected chi connectivity index (χ1v) is 9.14. The number of rotatable bonds is 5. The van der Waals surface area contributed by atoms with Gasteiger partial charge in [-0.15, -0.1) is 0 Å². The van der Waals surface area contributed by atoms with E-state index in [1.165, 1.54) is 50.8 Å². The van der Waals surface area contributed by atoms with Crippen LogP contribution in [0.15, 0.2) is 24.3 Å². The van der Waals surface area contributed by atoms with Gasteiger partial charge >= 0.3 is 6.03 Å². The summed E-state index contributed by atoms with van der Waals surface area (Å²) in [6, 6.07) is 8.98. The predicted octanol–water partition coefficient (Wildman–Crippen LogP) is 3.41. The van der Waals surface area contributed by atoms with Crippen molar-refractivity contribution in [3.8, 4) is 0 Å². The molecule has 0 radical (unpaired) electrons. The Morgan fingerprint density at radius 1 is 0.957 bits per heavy atom. The molecular weight excluding hydrogens is 286 g/mol. The van der Waals surface area contributed by atoms with Gasteiger partial charge < -0.3 is 10.6 Å². The van der Waals surface area contributed by atoms with E-state index in [1.807, 2.05) is 0 Å². The van der Waals surface area contributed by atoms with Crippen LogP contribution in [0.5, 0.6) is 0 Å². The minimum Gasteiger partial charge on any atom is -0.335 e. The second kappa shape index (κ2) is 8.34. The van der Waals surface area contributed by atoms with E-state index in [2.05, 4.69) is 39.8 Å². The van der Waals surface area contributed by atoms with Crippen LogP contribution in [0.2, 0.25) is 0 Å². The number of amides is 2. The van der Waals surface area contributed by atoms with Gasteiger partial charge in [-0.2, -0.15) is 0 Å². The maximum Gasteiger partial charge on any atom is 0.315 e. The van der Waals surface area contributed by atoms with Crippen molar-refractivity contribution in [3.63, 3.8) is 0 Å². The average Bonchev–Trinajstić information content (AvgIpc) is 3.08. The molecule has 4 heteroatoms. The van der Waals surface area contributed by atoms with Crippen LogP contribution in [0.25, 0.3) is 0 Å². The summed E-state index contributed by atoms with van der Waals surface area (Å²) in [7, 11) is 0. The minimum atomic E-state index is -0.0296. The fourth-order valence-electron chi connectivity index (χ4n) is 3.63. The molecule has 0 spiro atoms. The molecule has 1 aliphatic heterocycles. The molecule has 2 N–H and O–H groups in total. The highest BCUT2D eigenvalue weighted by Gasteiger charge is 2.15. The quantitative estimate of drug-likeness (QED) is 0.874. The summed E-state index contributed by atoms with van der Waals surface area (Å²) in [4.78, 5) is 14.5. The minimum absolute atomic E-state index is 0.0296. The number of benzene rings is 1. The first kappa shape index (κ1) is 16.3. The van der Waals surface area contributed by atoms with Gasteiger partial charge in [0.05, 0.1) is 0 Å². The van der Waals surface area contributed by atoms with Crippen LogP contribution in [0.3, 0.4) is 0 Å². The SMILES string of the molecule is O=C(NCc1ccc(CN2CCCC2)cc1)NC1CCCCC1. The largest absolute Gasteiger partial charge is 0.335 e. The second-order valence-corrected chi connectivity index (χ2v) is 6.96. The standard InChI is InChI=1S/C19H29N3O/c23-19(21-18-6-2-1-3-7-18)20-14-16-8-10-17(11-9-16)15-22-12-4-5-13-22/h8-11,18H,1-7,12-15H2,(H2,20,21,23). The molecule has 2 aliphatic rings. The molecule has 2 amide bonds. The van der Waals surface area contributed by atoms with E-state index < -0.39 is 0 Å². The van der Waals surface area contributed by atoms with Crippen molar-refractivity contribution < 1.29 is 4.79 Å². The number of hydrogen-bond donors (Lipinski definition) is 2. The normalized spacial score (nSPS) is 19.7. The van der Waals surface area contributed by atoms with Gasteiger partial charge in [0.15, 0.2) is 0 Å². The highest BCUT2D eigenvalue weighted by molar-refractivity contribution is 5.74. The Hall–Kier alpha value is -1.55. The number of carbonyl (C=O) groups excluding carboxylic acids is 1. The van der Waals surface area contributed by atoms with Gasteiger partial charge in [0, 0.05) is 19.1 Å². The molecule has 1 aliphatic carbocycles. The van der Waals surface area contributed by atoms with Gasteiger partial charge in [-0.3, -0.25) is 4.90 Å². The van der Waals surface area contributed by atoms with E-state index >= 15 is 0 Å². The summed E-state index contributed by atoms with van der Waals surface area (Å²) in [5.41, 5.74) is 2.52. The van der Waals surface area contributed by atoms with Crippen molar-refractivity contribution in [3.05, 3.63) is 35.4 Å². The Kier molecular flexibility index (Phi) is 5.92. The zero-order valence-electron chi connectivity index (χ0n) is 14.0. The van der Waals surface area contributed by atoms with Crippen LogP contribution < -0.4 is 10.6 Å². The van der Waals surface area contributed by atoms with Crippen molar-refractivity contribution in [1.29, 1.82) is 0 Å². The molecule has 4 nitrogen and oxygen atoms in total. The number of hydrogen-bond acceptors (Lipinski definition) is 2. The van der Waals surface area contributed by atoms with E-state index in [0.29, 0.717) is 12.6 Å². The van der Waals surface area contributed by atoms with E-state index in [1.54, 1.807) is 0 Å². The molecule has 1 saturated carbocycles. The molecule has 0 unspecified atom stereocenters. The molecule has 1 saturated heterocycles. The summed E-state index contributed by atoms with van der Waals surface area (Å²) in [6.07, 6.45) is 8.70. The summed E-state index contributed by atoms with van der Waals surface area (Å²) in [5, 5.41) is 6.07. The fraction of sp³-hybridized carbons (Fsp3) is 0.632. The van der Waals surface area contributed by atoms with Crippen LogP contribution >= 0.6 is 0 Å². The zero-order valence-corrected chi connectivity index (χ0v) is 14.0. The number of urea groups is 1. The average molecular weight is 315 g/mol. The molecule has 3 rings (SSSR count). The Morgan fingerprint density at radius 2 is 1.61 bits per heavy atom. The summed E-state index contributed by atoms with van der Waals surface area (Å²) >= 11 is 0. The van der Waals surface area contributed by atoms with Crippen LogP contribution in [0.4, 0.5) is 4.79 Å². The molecule has 1 heterocycles. The third kappa shape index (κ3) is 5.24. The first-order chi connectivity index (χ1) is 11.3. The molecule has 0 bridgehead atoms. The van der Waals surface area contributed by atoms with E-state index in [9.17, 15) is 4.79 Å². The van der Waals surface area contributed by atoms with Gasteiger partial charge in [0.1, 0.15) is 0 Å². The van der Waals surface area contributed by atoms with E-state index in [0.717, 1.165) is 24.9 Å². The third-order valence-corrected chi connectivity index (χ3v) is 5.02. The van der Waals surface area contributed by atoms with Crippen LogP contribution in [0.1, 0.15) is 56.1 Å². The lowest BCUT2D eigenvalue weighted by molar-refractivity contribution is 0.232. The third-order valence-electron chi connectivity index (χ3n) is 5.02. The van der Waals surface area contributed by atoms with Gasteiger partial charge in [-0.25, -0.2) is 4.79 Å². The molecule has 0 atom stereocenters. The number of nitrogens with zero attached hydrogens (tertiary/aromatic N) is 1. The molecule has 23 heavy (non-hydrogen) atoms. The highest BCUT2D eigenvalue weighted by Crippen LogP contribution is 2.17. The lowest BCUT2D eigenvalue weighted by Crippen LogP contribution is -2.42. The molecule has 2 fully saturated rings. The number of carbonyl (C=O) groups is 1. The Labute approximate surface area is 139 Å². The molecule has 0 aromatic heterocycles. The van der Waals surface area contributed by atoms with Gasteiger partial charge in [-0.1, -0.05) is 43.5 Å². The van der Waals surface area contributed by atoms with E-state index in [4.69, 9.17) is 0 Å². The summed E-state index contributed by atoms with van der Waals surface area (Å²) in [6.45, 7) is 4.10. The molecule has 126 valence electrons. The Bertz CT molecular complexity index is 488. The number of likely N-dealkylation sites (tertiary alicyclic amines) is 1. The van der Waals surface area contributed by atoms with Crippen molar-refractivity contribution in [1.82, 2.24) is 15.5 Å². The van der Waals surface area contributed by atoms with Crippen molar-refractivity contribution in [2.45, 2.75) is 64.1 Å². The van der Waals surface area contributed by atoms with Gasteiger partial charge in [-0.05, 0) is 49.9 Å². The monoisotopic (exact) mass is 315 g/mol. The van der Waals surface area contributed by atoms with E-state index in [-0.39, 0.29) is 6.03 Å². The summed E-state index contributed by atoms with van der Waals surface area (Å²) < 4.78 is 0. The predicted molar refractivity (Wildman–Crippen MR) is 93.2 cm³/mol. The lowest BCUT2D eigenvalue weighted by Gasteiger charge is -2.22.